The molecule has 0 aliphatic carbocycles. The van der Waals surface area contributed by atoms with Crippen LogP contribution < -0.4 is 19.5 Å². The van der Waals surface area contributed by atoms with Gasteiger partial charge in [0.1, 0.15) is 22.8 Å². The molecule has 2 N–H and O–H groups in total. The van der Waals surface area contributed by atoms with Gasteiger partial charge < -0.3 is 19.5 Å². The number of benzene rings is 2. The molecule has 0 spiro atoms. The average Bonchev–Trinajstić information content (AvgIpc) is 3.39. The first-order valence-electron chi connectivity index (χ1n) is 10.2. The lowest BCUT2D eigenvalue weighted by atomic mass is 10.2. The molecule has 168 valence electrons. The standard InChI is InChI=1S/C23H22N6O4/c1-15(21-26-28-29-27-21)32-17-10-8-16(9-11-17)14-25-22(30)20-7-4-12-24-23(20)33-19-6-3-5-18(13-19)31-2/h3-13,15H,14H2,1-2H3,(H,25,30)(H,26,27,28,29). The van der Waals surface area contributed by atoms with Gasteiger partial charge in [-0.3, -0.25) is 4.79 Å². The molecule has 0 fully saturated rings. The maximum atomic E-state index is 12.8. The van der Waals surface area contributed by atoms with Crippen LogP contribution in [-0.2, 0) is 6.54 Å². The second-order valence-electron chi connectivity index (χ2n) is 7.01. The lowest BCUT2D eigenvalue weighted by molar-refractivity contribution is 0.0948. The van der Waals surface area contributed by atoms with Gasteiger partial charge in [-0.1, -0.05) is 18.2 Å². The van der Waals surface area contributed by atoms with Gasteiger partial charge in [-0.25, -0.2) is 10.1 Å². The van der Waals surface area contributed by atoms with Crippen molar-refractivity contribution in [1.29, 1.82) is 0 Å². The molecule has 0 bridgehead atoms. The molecule has 1 amide bonds. The number of H-pyrrole nitrogens is 1. The van der Waals surface area contributed by atoms with Crippen molar-refractivity contribution >= 4 is 5.91 Å². The molecular weight excluding hydrogens is 424 g/mol. The summed E-state index contributed by atoms with van der Waals surface area (Å²) < 4.78 is 16.8. The summed E-state index contributed by atoms with van der Waals surface area (Å²) in [7, 11) is 1.58. The van der Waals surface area contributed by atoms with Crippen LogP contribution in [0.5, 0.6) is 23.1 Å². The minimum absolute atomic E-state index is 0.211. The second kappa shape index (κ2) is 10.2. The van der Waals surface area contributed by atoms with Gasteiger partial charge in [0.2, 0.25) is 5.88 Å². The van der Waals surface area contributed by atoms with Crippen molar-refractivity contribution in [2.75, 3.05) is 7.11 Å². The summed E-state index contributed by atoms with van der Waals surface area (Å²) in [5.41, 5.74) is 1.23. The normalized spacial score (nSPS) is 11.5. The summed E-state index contributed by atoms with van der Waals surface area (Å²) in [5, 5.41) is 16.5. The number of aromatic amines is 1. The molecule has 4 aromatic rings. The molecule has 1 atom stereocenters. The van der Waals surface area contributed by atoms with Crippen LogP contribution in [0, 0.1) is 0 Å². The van der Waals surface area contributed by atoms with Crippen molar-refractivity contribution < 1.29 is 19.0 Å². The quantitative estimate of drug-likeness (QED) is 0.401. The second-order valence-corrected chi connectivity index (χ2v) is 7.01. The highest BCUT2D eigenvalue weighted by molar-refractivity contribution is 5.96. The van der Waals surface area contributed by atoms with Gasteiger partial charge >= 0.3 is 0 Å². The van der Waals surface area contributed by atoms with Crippen molar-refractivity contribution in [1.82, 2.24) is 30.9 Å². The SMILES string of the molecule is COc1cccc(Oc2ncccc2C(=O)NCc2ccc(OC(C)c3nnn[nH]3)cc2)c1. The van der Waals surface area contributed by atoms with E-state index in [4.69, 9.17) is 14.2 Å². The fraction of sp³-hybridized carbons (Fsp3) is 0.174. The molecule has 0 saturated carbocycles. The van der Waals surface area contributed by atoms with Crippen molar-refractivity contribution in [2.45, 2.75) is 19.6 Å². The third kappa shape index (κ3) is 5.62. The minimum Gasteiger partial charge on any atom is -0.497 e. The highest BCUT2D eigenvalue weighted by Gasteiger charge is 2.15. The largest absolute Gasteiger partial charge is 0.497 e. The zero-order valence-electron chi connectivity index (χ0n) is 18.1. The number of carbonyl (C=O) groups excluding carboxylic acids is 1. The van der Waals surface area contributed by atoms with E-state index in [0.717, 1.165) is 5.56 Å². The van der Waals surface area contributed by atoms with E-state index in [-0.39, 0.29) is 17.9 Å². The van der Waals surface area contributed by atoms with Crippen LogP contribution in [0.4, 0.5) is 0 Å². The van der Waals surface area contributed by atoms with E-state index in [1.54, 1.807) is 49.7 Å². The van der Waals surface area contributed by atoms with E-state index >= 15 is 0 Å². The summed E-state index contributed by atoms with van der Waals surface area (Å²) in [5.74, 6) is 2.28. The van der Waals surface area contributed by atoms with Gasteiger partial charge in [0.25, 0.3) is 5.91 Å². The van der Waals surface area contributed by atoms with E-state index < -0.39 is 0 Å². The van der Waals surface area contributed by atoms with Gasteiger partial charge in [-0.2, -0.15) is 0 Å². The highest BCUT2D eigenvalue weighted by Crippen LogP contribution is 2.26. The van der Waals surface area contributed by atoms with Crippen LogP contribution in [0.2, 0.25) is 0 Å². The molecular formula is C23H22N6O4. The number of rotatable bonds is 9. The van der Waals surface area contributed by atoms with Crippen LogP contribution in [0.15, 0.2) is 66.9 Å². The number of aromatic nitrogens is 5. The smallest absolute Gasteiger partial charge is 0.257 e. The molecule has 33 heavy (non-hydrogen) atoms. The molecule has 4 rings (SSSR count). The van der Waals surface area contributed by atoms with E-state index in [2.05, 4.69) is 30.9 Å². The Hall–Kier alpha value is -4.47. The molecule has 0 radical (unpaired) electrons. The summed E-state index contributed by atoms with van der Waals surface area (Å²) in [4.78, 5) is 17.0. The zero-order chi connectivity index (χ0) is 23.0. The molecule has 2 aromatic carbocycles. The number of carbonyl (C=O) groups is 1. The van der Waals surface area contributed by atoms with E-state index in [9.17, 15) is 4.79 Å². The Balaban J connectivity index is 1.37. The van der Waals surface area contributed by atoms with E-state index in [0.29, 0.717) is 35.2 Å². The highest BCUT2D eigenvalue weighted by atomic mass is 16.5. The Morgan fingerprint density at radius 3 is 2.64 bits per heavy atom. The number of nitrogens with zero attached hydrogens (tertiary/aromatic N) is 4. The third-order valence-corrected chi connectivity index (χ3v) is 4.71. The lowest BCUT2D eigenvalue weighted by Crippen LogP contribution is -2.23. The summed E-state index contributed by atoms with van der Waals surface area (Å²) >= 11 is 0. The fourth-order valence-electron chi connectivity index (χ4n) is 2.98. The lowest BCUT2D eigenvalue weighted by Gasteiger charge is -2.13. The van der Waals surface area contributed by atoms with Crippen LogP contribution in [-0.4, -0.2) is 38.6 Å². The van der Waals surface area contributed by atoms with Crippen LogP contribution >= 0.6 is 0 Å². The molecule has 0 saturated heterocycles. The number of amides is 1. The predicted molar refractivity (Wildman–Crippen MR) is 118 cm³/mol. The minimum atomic E-state index is -0.320. The third-order valence-electron chi connectivity index (χ3n) is 4.71. The molecule has 2 heterocycles. The first-order valence-corrected chi connectivity index (χ1v) is 10.2. The Bertz CT molecular complexity index is 1200. The number of nitrogens with one attached hydrogen (secondary N) is 2. The fourth-order valence-corrected chi connectivity index (χ4v) is 2.98. The van der Waals surface area contributed by atoms with Crippen LogP contribution in [0.1, 0.15) is 34.8 Å². The van der Waals surface area contributed by atoms with Crippen LogP contribution in [0.25, 0.3) is 0 Å². The molecule has 2 aromatic heterocycles. The van der Waals surface area contributed by atoms with Gasteiger partial charge in [0.05, 0.1) is 7.11 Å². The van der Waals surface area contributed by atoms with Crippen molar-refractivity contribution in [2.24, 2.45) is 0 Å². The van der Waals surface area contributed by atoms with Gasteiger partial charge in [-0.15, -0.1) is 5.10 Å². The van der Waals surface area contributed by atoms with Crippen LogP contribution in [0.3, 0.4) is 0 Å². The number of methoxy groups -OCH3 is 1. The van der Waals surface area contributed by atoms with Crippen molar-refractivity contribution in [3.63, 3.8) is 0 Å². The van der Waals surface area contributed by atoms with Gasteiger partial charge in [0.15, 0.2) is 11.9 Å². The van der Waals surface area contributed by atoms with Crippen molar-refractivity contribution in [3.8, 4) is 23.1 Å². The number of pyridine rings is 1. The molecule has 10 nitrogen and oxygen atoms in total. The Kier molecular flexibility index (Phi) is 6.74. The van der Waals surface area contributed by atoms with E-state index in [1.165, 1.54) is 0 Å². The maximum Gasteiger partial charge on any atom is 0.257 e. The number of ether oxygens (including phenoxy) is 3. The maximum absolute atomic E-state index is 12.8. The summed E-state index contributed by atoms with van der Waals surface area (Å²) in [6, 6.07) is 17.8. The Labute approximate surface area is 189 Å². The van der Waals surface area contributed by atoms with E-state index in [1.807, 2.05) is 31.2 Å². The molecule has 10 heteroatoms. The summed E-state index contributed by atoms with van der Waals surface area (Å²) in [6.45, 7) is 2.17. The van der Waals surface area contributed by atoms with Crippen molar-refractivity contribution in [3.05, 3.63) is 83.8 Å². The number of hydrogen-bond donors (Lipinski definition) is 2. The molecule has 0 aliphatic heterocycles. The first kappa shape index (κ1) is 21.8. The topological polar surface area (TPSA) is 124 Å². The first-order chi connectivity index (χ1) is 16.1. The monoisotopic (exact) mass is 446 g/mol. The number of hydrogen-bond acceptors (Lipinski definition) is 8. The summed E-state index contributed by atoms with van der Waals surface area (Å²) in [6.07, 6.45) is 1.25. The molecule has 0 aliphatic rings. The number of tetrazole rings is 1. The molecule has 1 unspecified atom stereocenters. The van der Waals surface area contributed by atoms with Gasteiger partial charge in [-0.05, 0) is 59.3 Å². The Morgan fingerprint density at radius 1 is 1.06 bits per heavy atom. The van der Waals surface area contributed by atoms with Gasteiger partial charge in [0, 0.05) is 18.8 Å². The predicted octanol–water partition coefficient (Wildman–Crippen LogP) is 3.47. The zero-order valence-corrected chi connectivity index (χ0v) is 18.1. The Morgan fingerprint density at radius 2 is 1.88 bits per heavy atom. The average molecular weight is 446 g/mol.